The van der Waals surface area contributed by atoms with E-state index in [4.69, 9.17) is 9.47 Å². The molecule has 0 saturated carbocycles. The maximum Gasteiger partial charge on any atom is 0.246 e. The van der Waals surface area contributed by atoms with Crippen LogP contribution >= 0.6 is 0 Å². The Morgan fingerprint density at radius 2 is 2.10 bits per heavy atom. The van der Waals surface area contributed by atoms with Gasteiger partial charge in [0.2, 0.25) is 5.91 Å². The quantitative estimate of drug-likeness (QED) is 0.555. The third-order valence-corrected chi connectivity index (χ3v) is 5.35. The molecule has 0 bridgehead atoms. The van der Waals surface area contributed by atoms with Gasteiger partial charge in [0.25, 0.3) is 0 Å². The third kappa shape index (κ3) is 4.36. The van der Waals surface area contributed by atoms with Crippen LogP contribution in [0.4, 0.5) is 0 Å². The highest BCUT2D eigenvalue weighted by molar-refractivity contribution is 5.89. The average Bonchev–Trinajstić information content (AvgIpc) is 3.47. The fourth-order valence-electron chi connectivity index (χ4n) is 3.71. The predicted molar refractivity (Wildman–Crippen MR) is 118 cm³/mol. The normalized spacial score (nSPS) is 19.2. The number of carbonyl (C=O) groups excluding carboxylic acids is 1. The molecule has 31 heavy (non-hydrogen) atoms. The SMILES string of the molecule is C=CC(=O)N1CCC(NC2=C3C=NC=C3NCN2C#Cc2cc(OC)cc(OC)c2)C1. The van der Waals surface area contributed by atoms with E-state index in [1.807, 2.05) is 29.3 Å². The number of nitrogens with zero attached hydrogens (tertiary/aromatic N) is 3. The van der Waals surface area contributed by atoms with Crippen molar-refractivity contribution < 1.29 is 14.3 Å². The summed E-state index contributed by atoms with van der Waals surface area (Å²) in [4.78, 5) is 19.9. The molecule has 1 aromatic rings. The molecule has 1 amide bonds. The highest BCUT2D eigenvalue weighted by atomic mass is 16.5. The second-order valence-electron chi connectivity index (χ2n) is 7.30. The molecule has 1 aromatic carbocycles. The molecule has 3 heterocycles. The number of ether oxygens (including phenoxy) is 2. The van der Waals surface area contributed by atoms with Crippen molar-refractivity contribution in [3.63, 3.8) is 0 Å². The van der Waals surface area contributed by atoms with Crippen molar-refractivity contribution in [3.05, 3.63) is 59.7 Å². The van der Waals surface area contributed by atoms with Gasteiger partial charge in [0, 0.05) is 43.0 Å². The Morgan fingerprint density at radius 1 is 1.32 bits per heavy atom. The molecule has 0 spiro atoms. The van der Waals surface area contributed by atoms with E-state index in [0.29, 0.717) is 31.3 Å². The van der Waals surface area contributed by atoms with Gasteiger partial charge in [-0.15, -0.1) is 0 Å². The summed E-state index contributed by atoms with van der Waals surface area (Å²) in [6.45, 7) is 5.42. The maximum atomic E-state index is 11.9. The van der Waals surface area contributed by atoms with Crippen molar-refractivity contribution in [1.82, 2.24) is 20.4 Å². The van der Waals surface area contributed by atoms with E-state index in [2.05, 4.69) is 34.2 Å². The first-order valence-electron chi connectivity index (χ1n) is 10.0. The minimum absolute atomic E-state index is 0.0427. The fraction of sp³-hybridized carbons (Fsp3) is 0.304. The number of aliphatic imine (C=N–C) groups is 1. The van der Waals surface area contributed by atoms with Crippen molar-refractivity contribution in [1.29, 1.82) is 0 Å². The smallest absolute Gasteiger partial charge is 0.246 e. The van der Waals surface area contributed by atoms with Crippen molar-refractivity contribution in [2.75, 3.05) is 34.0 Å². The number of likely N-dealkylation sites (tertiary alicyclic amines) is 1. The van der Waals surface area contributed by atoms with Gasteiger partial charge in [0.05, 0.1) is 31.7 Å². The van der Waals surface area contributed by atoms with Gasteiger partial charge in [-0.2, -0.15) is 0 Å². The van der Waals surface area contributed by atoms with Crippen LogP contribution < -0.4 is 20.1 Å². The number of hydrogen-bond donors (Lipinski definition) is 2. The first-order valence-corrected chi connectivity index (χ1v) is 10.0. The Bertz CT molecular complexity index is 1020. The van der Waals surface area contributed by atoms with E-state index < -0.39 is 0 Å². The van der Waals surface area contributed by atoms with E-state index in [-0.39, 0.29) is 11.9 Å². The number of nitrogens with one attached hydrogen (secondary N) is 2. The Kier molecular flexibility index (Phi) is 5.85. The molecule has 3 aliphatic heterocycles. The lowest BCUT2D eigenvalue weighted by molar-refractivity contribution is -0.125. The summed E-state index contributed by atoms with van der Waals surface area (Å²) in [5, 5.41) is 6.92. The first-order chi connectivity index (χ1) is 15.1. The zero-order valence-electron chi connectivity index (χ0n) is 17.6. The number of hydrogen-bond acceptors (Lipinski definition) is 7. The highest BCUT2D eigenvalue weighted by Crippen LogP contribution is 2.24. The van der Waals surface area contributed by atoms with Gasteiger partial charge in [-0.1, -0.05) is 6.58 Å². The number of methoxy groups -OCH3 is 2. The van der Waals surface area contributed by atoms with Gasteiger partial charge in [0.1, 0.15) is 24.0 Å². The molecule has 8 nitrogen and oxygen atoms in total. The predicted octanol–water partition coefficient (Wildman–Crippen LogP) is 1.39. The van der Waals surface area contributed by atoms with Crippen LogP contribution in [0.2, 0.25) is 0 Å². The zero-order valence-corrected chi connectivity index (χ0v) is 17.6. The van der Waals surface area contributed by atoms with Gasteiger partial charge in [-0.05, 0) is 30.6 Å². The molecular weight excluding hydrogens is 394 g/mol. The molecule has 1 unspecified atom stereocenters. The molecular formula is C23H25N5O3. The summed E-state index contributed by atoms with van der Waals surface area (Å²) in [5.74, 6) is 5.40. The lowest BCUT2D eigenvalue weighted by Crippen LogP contribution is -2.45. The Labute approximate surface area is 181 Å². The lowest BCUT2D eigenvalue weighted by atomic mass is 10.1. The van der Waals surface area contributed by atoms with Crippen LogP contribution in [0.1, 0.15) is 12.0 Å². The molecule has 160 valence electrons. The van der Waals surface area contributed by atoms with Crippen LogP contribution in [0, 0.1) is 12.0 Å². The molecule has 0 aromatic heterocycles. The van der Waals surface area contributed by atoms with Crippen LogP contribution in [0.15, 0.2) is 59.1 Å². The number of carbonyl (C=O) groups is 1. The molecule has 0 aliphatic carbocycles. The van der Waals surface area contributed by atoms with Gasteiger partial charge < -0.3 is 25.0 Å². The summed E-state index contributed by atoms with van der Waals surface area (Å²) in [7, 11) is 3.23. The minimum Gasteiger partial charge on any atom is -0.497 e. The number of allylic oxidation sites excluding steroid dienone is 1. The fourth-order valence-corrected chi connectivity index (χ4v) is 3.71. The van der Waals surface area contributed by atoms with Gasteiger partial charge in [-0.25, -0.2) is 0 Å². The van der Waals surface area contributed by atoms with Gasteiger partial charge >= 0.3 is 0 Å². The molecule has 0 radical (unpaired) electrons. The van der Waals surface area contributed by atoms with Crippen molar-refractivity contribution >= 4 is 12.1 Å². The topological polar surface area (TPSA) is 78.4 Å². The Hall–Kier alpha value is -3.86. The van der Waals surface area contributed by atoms with Crippen LogP contribution in [0.3, 0.4) is 0 Å². The second-order valence-corrected chi connectivity index (χ2v) is 7.30. The number of fused-ring (bicyclic) bond motifs is 1. The molecule has 1 fully saturated rings. The van der Waals surface area contributed by atoms with Crippen LogP contribution in [0.5, 0.6) is 11.5 Å². The third-order valence-electron chi connectivity index (χ3n) is 5.35. The van der Waals surface area contributed by atoms with Crippen LogP contribution in [-0.2, 0) is 4.79 Å². The summed E-state index contributed by atoms with van der Waals surface area (Å²) >= 11 is 0. The van der Waals surface area contributed by atoms with E-state index in [0.717, 1.165) is 29.1 Å². The van der Waals surface area contributed by atoms with E-state index >= 15 is 0 Å². The van der Waals surface area contributed by atoms with Gasteiger partial charge in [0.15, 0.2) is 0 Å². The Morgan fingerprint density at radius 3 is 2.81 bits per heavy atom. The standard InChI is InChI=1S/C23H25N5O3/c1-4-22(29)27-8-6-17(14-27)26-23-20-12-24-13-21(20)25-15-28(23)7-5-16-9-18(30-2)11-19(10-16)31-3/h4,9-13,17,25-26H,1,6,8,14-15H2,2-3H3. The highest BCUT2D eigenvalue weighted by Gasteiger charge is 2.30. The average molecular weight is 419 g/mol. The number of rotatable bonds is 5. The molecule has 3 aliphatic rings. The van der Waals surface area contributed by atoms with Crippen molar-refractivity contribution in [2.45, 2.75) is 12.5 Å². The molecule has 4 rings (SSSR count). The summed E-state index contributed by atoms with van der Waals surface area (Å²) in [6.07, 6.45) is 5.83. The van der Waals surface area contributed by atoms with Crippen molar-refractivity contribution in [2.24, 2.45) is 4.99 Å². The molecule has 1 saturated heterocycles. The lowest BCUT2D eigenvalue weighted by Gasteiger charge is -2.32. The minimum atomic E-state index is -0.0427. The van der Waals surface area contributed by atoms with Crippen LogP contribution in [-0.4, -0.2) is 61.9 Å². The zero-order chi connectivity index (χ0) is 21.8. The van der Waals surface area contributed by atoms with Crippen molar-refractivity contribution in [3.8, 4) is 23.5 Å². The summed E-state index contributed by atoms with van der Waals surface area (Å²) in [6, 6.07) is 8.90. The van der Waals surface area contributed by atoms with Crippen LogP contribution in [0.25, 0.3) is 0 Å². The van der Waals surface area contributed by atoms with E-state index in [1.165, 1.54) is 6.08 Å². The Balaban J connectivity index is 1.58. The van der Waals surface area contributed by atoms with E-state index in [9.17, 15) is 4.79 Å². The maximum absolute atomic E-state index is 11.9. The number of benzene rings is 1. The van der Waals surface area contributed by atoms with Gasteiger partial charge in [-0.3, -0.25) is 14.7 Å². The second kappa shape index (κ2) is 8.88. The number of amides is 1. The van der Waals surface area contributed by atoms with E-state index in [1.54, 1.807) is 25.3 Å². The summed E-state index contributed by atoms with van der Waals surface area (Å²) < 4.78 is 10.7. The molecule has 8 heteroatoms. The largest absolute Gasteiger partial charge is 0.497 e. The molecule has 2 N–H and O–H groups in total. The molecule has 1 atom stereocenters. The first kappa shape index (κ1) is 20.4. The summed E-state index contributed by atoms with van der Waals surface area (Å²) in [5.41, 5.74) is 2.70. The monoisotopic (exact) mass is 419 g/mol.